The number of hydrazine groups is 2. The highest BCUT2D eigenvalue weighted by molar-refractivity contribution is 5.74. The molecule has 0 bridgehead atoms. The molecule has 0 aromatic heterocycles. The molecule has 0 spiro atoms. The molecular weight excluding hydrogens is 156 g/mol. The van der Waals surface area contributed by atoms with Gasteiger partial charge in [-0.1, -0.05) is 13.3 Å². The summed E-state index contributed by atoms with van der Waals surface area (Å²) in [4.78, 5) is 11.2. The molecule has 0 fully saturated rings. The van der Waals surface area contributed by atoms with Gasteiger partial charge in [-0.25, -0.2) is 9.80 Å². The number of carbonyl (C=O) groups excluding carboxylic acids is 1. The minimum absolute atomic E-state index is 0.166. The number of unbranched alkanes of at least 4 members (excludes halogenated alkanes) is 1. The van der Waals surface area contributed by atoms with E-state index in [0.29, 0.717) is 6.54 Å². The Morgan fingerprint density at radius 3 is 3.17 bits per heavy atom. The van der Waals surface area contributed by atoms with E-state index in [1.807, 2.05) is 0 Å². The molecule has 67 valence electrons. The summed E-state index contributed by atoms with van der Waals surface area (Å²) in [6, 6.07) is -0.166. The van der Waals surface area contributed by atoms with Crippen molar-refractivity contribution in [1.29, 1.82) is 0 Å². The van der Waals surface area contributed by atoms with Crippen LogP contribution in [0.4, 0.5) is 4.79 Å². The quantitative estimate of drug-likeness (QED) is 0.525. The Hall–Kier alpha value is -1.23. The fourth-order valence-electron chi connectivity index (χ4n) is 0.788. The lowest BCUT2D eigenvalue weighted by atomic mass is 10.3. The van der Waals surface area contributed by atoms with Crippen molar-refractivity contribution in [2.24, 2.45) is 0 Å². The van der Waals surface area contributed by atoms with Gasteiger partial charge in [-0.3, -0.25) is 5.43 Å². The summed E-state index contributed by atoms with van der Waals surface area (Å²) < 4.78 is 0. The molecule has 1 rings (SSSR count). The number of rotatable bonds is 3. The largest absolute Gasteiger partial charge is 0.337 e. The molecule has 12 heavy (non-hydrogen) atoms. The van der Waals surface area contributed by atoms with Crippen molar-refractivity contribution < 1.29 is 4.79 Å². The van der Waals surface area contributed by atoms with Crippen LogP contribution in [0.1, 0.15) is 19.8 Å². The summed E-state index contributed by atoms with van der Waals surface area (Å²) in [7, 11) is 0. The van der Waals surface area contributed by atoms with Crippen molar-refractivity contribution in [2.45, 2.75) is 19.8 Å². The maximum absolute atomic E-state index is 11.2. The lowest BCUT2D eigenvalue weighted by Crippen LogP contribution is -2.45. The predicted octanol–water partition coefficient (Wildman–Crippen LogP) is 0.0953. The van der Waals surface area contributed by atoms with E-state index in [1.54, 1.807) is 0 Å². The third-order valence-corrected chi connectivity index (χ3v) is 1.47. The Morgan fingerprint density at radius 1 is 1.75 bits per heavy atom. The number of amides is 2. The maximum Gasteiger partial charge on any atom is 0.337 e. The van der Waals surface area contributed by atoms with Crippen LogP contribution in [-0.4, -0.2) is 17.6 Å². The number of urea groups is 1. The van der Waals surface area contributed by atoms with Gasteiger partial charge in [0.05, 0.1) is 12.4 Å². The summed E-state index contributed by atoms with van der Waals surface area (Å²) in [6.45, 7) is 2.79. The van der Waals surface area contributed by atoms with Crippen molar-refractivity contribution in [3.05, 3.63) is 12.4 Å². The molecule has 3 N–H and O–H groups in total. The molecule has 0 saturated carbocycles. The van der Waals surface area contributed by atoms with Gasteiger partial charge in [-0.05, 0) is 6.42 Å². The average molecular weight is 169 g/mol. The van der Waals surface area contributed by atoms with E-state index < -0.39 is 0 Å². The van der Waals surface area contributed by atoms with Crippen LogP contribution in [0.2, 0.25) is 0 Å². The Bertz CT molecular complexity index is 180. The molecule has 0 saturated heterocycles. The topological polar surface area (TPSA) is 56.4 Å². The van der Waals surface area contributed by atoms with Crippen LogP contribution in [0.25, 0.3) is 0 Å². The SMILES string of the molecule is CCCCNC(=O)N1C=[C]NN1. The number of nitrogens with zero attached hydrogens (tertiary/aromatic N) is 1. The highest BCUT2D eigenvalue weighted by atomic mass is 16.2. The second-order valence-electron chi connectivity index (χ2n) is 2.47. The standard InChI is InChI=1S/C7H13N4O/c1-2-3-4-8-7(12)11-6-5-9-10-11/h6,9-10H,2-4H2,1H3,(H,8,12). The predicted molar refractivity (Wildman–Crippen MR) is 44.2 cm³/mol. The second kappa shape index (κ2) is 4.61. The molecule has 5 heteroatoms. The molecule has 1 aliphatic rings. The first-order chi connectivity index (χ1) is 5.84. The summed E-state index contributed by atoms with van der Waals surface area (Å²) in [6.07, 6.45) is 6.20. The summed E-state index contributed by atoms with van der Waals surface area (Å²) in [5.74, 6) is 0. The van der Waals surface area contributed by atoms with Gasteiger partial charge >= 0.3 is 6.03 Å². The first-order valence-electron chi connectivity index (χ1n) is 4.01. The second-order valence-corrected chi connectivity index (χ2v) is 2.47. The van der Waals surface area contributed by atoms with E-state index in [4.69, 9.17) is 0 Å². The molecule has 2 amide bonds. The van der Waals surface area contributed by atoms with Crippen molar-refractivity contribution in [3.8, 4) is 0 Å². The highest BCUT2D eigenvalue weighted by Gasteiger charge is 2.11. The van der Waals surface area contributed by atoms with Gasteiger partial charge in [0.1, 0.15) is 0 Å². The van der Waals surface area contributed by atoms with Crippen LogP contribution in [0.15, 0.2) is 6.20 Å². The van der Waals surface area contributed by atoms with Gasteiger partial charge in [0, 0.05) is 6.54 Å². The van der Waals surface area contributed by atoms with Crippen molar-refractivity contribution in [3.63, 3.8) is 0 Å². The van der Waals surface area contributed by atoms with E-state index in [2.05, 4.69) is 29.4 Å². The van der Waals surface area contributed by atoms with Gasteiger partial charge in [-0.2, -0.15) is 0 Å². The Kier molecular flexibility index (Phi) is 3.40. The first kappa shape index (κ1) is 8.86. The zero-order valence-electron chi connectivity index (χ0n) is 7.05. The minimum Gasteiger partial charge on any atom is -0.337 e. The lowest BCUT2D eigenvalue weighted by molar-refractivity contribution is 0.197. The summed E-state index contributed by atoms with van der Waals surface area (Å²) in [5, 5.41) is 4.04. The highest BCUT2D eigenvalue weighted by Crippen LogP contribution is 1.89. The monoisotopic (exact) mass is 169 g/mol. The molecule has 1 heterocycles. The molecule has 0 atom stereocenters. The third kappa shape index (κ3) is 2.43. The smallest absolute Gasteiger partial charge is 0.337 e. The van der Waals surface area contributed by atoms with Crippen LogP contribution >= 0.6 is 0 Å². The van der Waals surface area contributed by atoms with Gasteiger partial charge in [0.15, 0.2) is 0 Å². The minimum atomic E-state index is -0.166. The molecule has 0 aromatic carbocycles. The van der Waals surface area contributed by atoms with Crippen LogP contribution in [0.5, 0.6) is 0 Å². The number of hydrogen-bond acceptors (Lipinski definition) is 3. The number of carbonyl (C=O) groups is 1. The first-order valence-corrected chi connectivity index (χ1v) is 4.01. The Labute approximate surface area is 71.7 Å². The third-order valence-electron chi connectivity index (χ3n) is 1.47. The fourth-order valence-corrected chi connectivity index (χ4v) is 0.788. The zero-order chi connectivity index (χ0) is 8.81. The number of nitrogens with one attached hydrogen (secondary N) is 3. The molecule has 1 aliphatic heterocycles. The molecule has 5 nitrogen and oxygen atoms in total. The van der Waals surface area contributed by atoms with Crippen LogP contribution < -0.4 is 16.3 Å². The Balaban J connectivity index is 2.14. The van der Waals surface area contributed by atoms with Crippen LogP contribution in [0.3, 0.4) is 0 Å². The van der Waals surface area contributed by atoms with Crippen LogP contribution in [0, 0.1) is 6.20 Å². The van der Waals surface area contributed by atoms with Gasteiger partial charge in [0.2, 0.25) is 0 Å². The molecule has 0 aromatic rings. The molecule has 0 unspecified atom stereocenters. The van der Waals surface area contributed by atoms with Crippen molar-refractivity contribution in [1.82, 2.24) is 21.3 Å². The summed E-state index contributed by atoms with van der Waals surface area (Å²) >= 11 is 0. The van der Waals surface area contributed by atoms with E-state index in [0.717, 1.165) is 12.8 Å². The van der Waals surface area contributed by atoms with E-state index in [1.165, 1.54) is 11.2 Å². The van der Waals surface area contributed by atoms with Gasteiger partial charge < -0.3 is 5.32 Å². The molecule has 1 radical (unpaired) electrons. The summed E-state index contributed by atoms with van der Waals surface area (Å²) in [5.41, 5.74) is 5.14. The fraction of sp³-hybridized carbons (Fsp3) is 0.571. The Morgan fingerprint density at radius 2 is 2.58 bits per heavy atom. The number of hydrogen-bond donors (Lipinski definition) is 3. The van der Waals surface area contributed by atoms with Crippen LogP contribution in [-0.2, 0) is 0 Å². The van der Waals surface area contributed by atoms with E-state index >= 15 is 0 Å². The van der Waals surface area contributed by atoms with Gasteiger partial charge in [0.25, 0.3) is 0 Å². The normalized spacial score (nSPS) is 14.6. The molecule has 0 aliphatic carbocycles. The maximum atomic E-state index is 11.2. The van der Waals surface area contributed by atoms with Crippen molar-refractivity contribution >= 4 is 6.03 Å². The van der Waals surface area contributed by atoms with Gasteiger partial charge in [-0.15, -0.1) is 5.53 Å². The zero-order valence-corrected chi connectivity index (χ0v) is 7.05. The molecular formula is C7H13N4O. The van der Waals surface area contributed by atoms with E-state index in [-0.39, 0.29) is 6.03 Å². The van der Waals surface area contributed by atoms with E-state index in [9.17, 15) is 4.79 Å². The van der Waals surface area contributed by atoms with Crippen molar-refractivity contribution in [2.75, 3.05) is 6.54 Å². The average Bonchev–Trinajstić information content (AvgIpc) is 2.56. The lowest BCUT2D eigenvalue weighted by Gasteiger charge is -2.13.